The third-order valence-electron chi connectivity index (χ3n) is 10.1. The molecular formula is C51H33N3O. The van der Waals surface area contributed by atoms with E-state index in [1.165, 1.54) is 0 Å². The van der Waals surface area contributed by atoms with E-state index in [4.69, 9.17) is 19.4 Å². The Morgan fingerprint density at radius 3 is 1.33 bits per heavy atom. The molecule has 4 nitrogen and oxygen atoms in total. The number of hydrogen-bond acceptors (Lipinski definition) is 4. The van der Waals surface area contributed by atoms with Crippen LogP contribution < -0.4 is 0 Å². The van der Waals surface area contributed by atoms with Crippen LogP contribution in [0.5, 0.6) is 0 Å². The van der Waals surface area contributed by atoms with Crippen LogP contribution >= 0.6 is 0 Å². The highest BCUT2D eigenvalue weighted by Crippen LogP contribution is 2.37. The molecule has 10 aromatic rings. The zero-order valence-electron chi connectivity index (χ0n) is 29.8. The molecule has 0 aliphatic rings. The van der Waals surface area contributed by atoms with Gasteiger partial charge in [-0.3, -0.25) is 0 Å². The van der Waals surface area contributed by atoms with Crippen LogP contribution in [0.2, 0.25) is 0 Å². The van der Waals surface area contributed by atoms with Crippen molar-refractivity contribution in [1.29, 1.82) is 0 Å². The minimum absolute atomic E-state index is 0.598. The summed E-state index contributed by atoms with van der Waals surface area (Å²) in [6.45, 7) is 0. The van der Waals surface area contributed by atoms with E-state index in [0.717, 1.165) is 83.1 Å². The fourth-order valence-electron chi connectivity index (χ4n) is 7.30. The number of aromatic nitrogens is 3. The largest absolute Gasteiger partial charge is 0.456 e. The van der Waals surface area contributed by atoms with Gasteiger partial charge in [-0.1, -0.05) is 158 Å². The van der Waals surface area contributed by atoms with Crippen molar-refractivity contribution >= 4 is 21.9 Å². The Hall–Kier alpha value is -7.43. The zero-order chi connectivity index (χ0) is 36.6. The number of fused-ring (bicyclic) bond motifs is 3. The van der Waals surface area contributed by atoms with Crippen molar-refractivity contribution in [2.24, 2.45) is 0 Å². The normalized spacial score (nSPS) is 11.3. The van der Waals surface area contributed by atoms with E-state index in [1.807, 2.05) is 36.4 Å². The lowest BCUT2D eigenvalue weighted by molar-refractivity contribution is 0.669. The van der Waals surface area contributed by atoms with Crippen molar-refractivity contribution in [3.8, 4) is 78.7 Å². The van der Waals surface area contributed by atoms with Gasteiger partial charge in [0.25, 0.3) is 0 Å². The molecule has 0 aliphatic carbocycles. The van der Waals surface area contributed by atoms with Crippen molar-refractivity contribution < 1.29 is 4.42 Å². The topological polar surface area (TPSA) is 51.8 Å². The average molecular weight is 704 g/mol. The Balaban J connectivity index is 1.15. The highest BCUT2D eigenvalue weighted by molar-refractivity contribution is 6.06. The first kappa shape index (κ1) is 32.2. The molecule has 8 aromatic carbocycles. The summed E-state index contributed by atoms with van der Waals surface area (Å²) in [4.78, 5) is 15.5. The van der Waals surface area contributed by atoms with Crippen molar-refractivity contribution in [2.75, 3.05) is 0 Å². The summed E-state index contributed by atoms with van der Waals surface area (Å²) in [7, 11) is 0. The summed E-state index contributed by atoms with van der Waals surface area (Å²) in [6, 6.07) is 69.4. The molecule has 0 N–H and O–H groups in total. The van der Waals surface area contributed by atoms with Gasteiger partial charge in [-0.15, -0.1) is 0 Å². The van der Waals surface area contributed by atoms with E-state index in [9.17, 15) is 0 Å². The maximum atomic E-state index is 6.32. The number of furan rings is 1. The minimum atomic E-state index is 0.598. The highest BCUT2D eigenvalue weighted by atomic mass is 16.3. The van der Waals surface area contributed by atoms with Gasteiger partial charge >= 0.3 is 0 Å². The van der Waals surface area contributed by atoms with Crippen molar-refractivity contribution in [2.45, 2.75) is 0 Å². The molecular weight excluding hydrogens is 671 g/mol. The maximum absolute atomic E-state index is 6.32. The van der Waals surface area contributed by atoms with Crippen LogP contribution in [0, 0.1) is 0 Å². The highest BCUT2D eigenvalue weighted by Gasteiger charge is 2.17. The Labute approximate surface area is 319 Å². The van der Waals surface area contributed by atoms with Crippen LogP contribution in [0.1, 0.15) is 0 Å². The molecule has 0 bridgehead atoms. The van der Waals surface area contributed by atoms with Crippen molar-refractivity contribution in [3.63, 3.8) is 0 Å². The van der Waals surface area contributed by atoms with E-state index >= 15 is 0 Å². The van der Waals surface area contributed by atoms with Gasteiger partial charge in [-0.05, 0) is 87.0 Å². The molecule has 2 heterocycles. The second-order valence-corrected chi connectivity index (χ2v) is 13.7. The summed E-state index contributed by atoms with van der Waals surface area (Å²) in [5.74, 6) is 1.82. The van der Waals surface area contributed by atoms with Gasteiger partial charge in [-0.25, -0.2) is 15.0 Å². The molecule has 10 rings (SSSR count). The van der Waals surface area contributed by atoms with E-state index in [-0.39, 0.29) is 0 Å². The number of para-hydroxylation sites is 1. The first-order valence-electron chi connectivity index (χ1n) is 18.4. The van der Waals surface area contributed by atoms with Crippen LogP contribution in [0.4, 0.5) is 0 Å². The van der Waals surface area contributed by atoms with Crippen LogP contribution in [0.3, 0.4) is 0 Å². The summed E-state index contributed by atoms with van der Waals surface area (Å²) in [5, 5.41) is 2.21. The number of hydrogen-bond donors (Lipinski definition) is 0. The predicted octanol–water partition coefficient (Wildman–Crippen LogP) is 13.4. The summed E-state index contributed by atoms with van der Waals surface area (Å²) >= 11 is 0. The Morgan fingerprint density at radius 2 is 0.636 bits per heavy atom. The molecule has 2 aromatic heterocycles. The Kier molecular flexibility index (Phi) is 8.12. The lowest BCUT2D eigenvalue weighted by atomic mass is 9.95. The van der Waals surface area contributed by atoms with Crippen molar-refractivity contribution in [3.05, 3.63) is 200 Å². The molecule has 0 saturated carbocycles. The maximum Gasteiger partial charge on any atom is 0.164 e. The number of benzene rings is 8. The first-order valence-corrected chi connectivity index (χ1v) is 18.4. The third kappa shape index (κ3) is 6.36. The lowest BCUT2D eigenvalue weighted by Gasteiger charge is -2.13. The van der Waals surface area contributed by atoms with E-state index < -0.39 is 0 Å². The van der Waals surface area contributed by atoms with Gasteiger partial charge in [0.05, 0.1) is 0 Å². The summed E-state index contributed by atoms with van der Waals surface area (Å²) in [6.07, 6.45) is 0. The molecule has 0 saturated heterocycles. The standard InChI is InChI=1S/C51H33N3O/c1-4-13-34(14-5-1)37-23-25-38(26-24-37)49-52-50(41-20-12-19-39(29-41)35-15-6-2-7-16-35)54-51(53-49)44-31-42(36-17-8-3-9-18-36)30-43(32-44)40-27-28-46-45-21-10-11-22-47(45)55-48(46)33-40/h1-33H. The van der Waals surface area contributed by atoms with E-state index in [1.54, 1.807) is 0 Å². The molecule has 258 valence electrons. The molecule has 0 unspecified atom stereocenters. The quantitative estimate of drug-likeness (QED) is 0.166. The molecule has 0 fully saturated rings. The van der Waals surface area contributed by atoms with Gasteiger partial charge in [-0.2, -0.15) is 0 Å². The second kappa shape index (κ2) is 13.8. The van der Waals surface area contributed by atoms with Gasteiger partial charge in [0.1, 0.15) is 11.2 Å². The van der Waals surface area contributed by atoms with Crippen molar-refractivity contribution in [1.82, 2.24) is 15.0 Å². The van der Waals surface area contributed by atoms with E-state index in [0.29, 0.717) is 17.5 Å². The van der Waals surface area contributed by atoms with Gasteiger partial charge in [0.15, 0.2) is 17.5 Å². The van der Waals surface area contributed by atoms with Gasteiger partial charge < -0.3 is 4.42 Å². The van der Waals surface area contributed by atoms with Crippen LogP contribution in [0.15, 0.2) is 205 Å². The van der Waals surface area contributed by atoms with E-state index in [2.05, 4.69) is 164 Å². The molecule has 0 aliphatic heterocycles. The SMILES string of the molecule is c1ccc(-c2ccc(-c3nc(-c4cccc(-c5ccccc5)c4)nc(-c4cc(-c5ccccc5)cc(-c5ccc6c(c5)oc5ccccc56)c4)n3)cc2)cc1. The monoisotopic (exact) mass is 703 g/mol. The summed E-state index contributed by atoms with van der Waals surface area (Å²) in [5.41, 5.74) is 13.3. The lowest BCUT2D eigenvalue weighted by Crippen LogP contribution is -2.01. The number of rotatable bonds is 7. The molecule has 0 spiro atoms. The number of nitrogens with zero attached hydrogens (tertiary/aromatic N) is 3. The zero-order valence-corrected chi connectivity index (χ0v) is 29.8. The van der Waals surface area contributed by atoms with Crippen LogP contribution in [-0.2, 0) is 0 Å². The average Bonchev–Trinajstić information content (AvgIpc) is 3.65. The smallest absolute Gasteiger partial charge is 0.164 e. The molecule has 0 amide bonds. The fraction of sp³-hybridized carbons (Fsp3) is 0. The third-order valence-corrected chi connectivity index (χ3v) is 10.1. The summed E-state index contributed by atoms with van der Waals surface area (Å²) < 4.78 is 6.32. The molecule has 4 heteroatoms. The Bertz CT molecular complexity index is 2950. The predicted molar refractivity (Wildman–Crippen MR) is 225 cm³/mol. The van der Waals surface area contributed by atoms with Gasteiger partial charge in [0, 0.05) is 27.5 Å². The van der Waals surface area contributed by atoms with Gasteiger partial charge in [0.2, 0.25) is 0 Å². The van der Waals surface area contributed by atoms with Crippen LogP contribution in [0.25, 0.3) is 101 Å². The van der Waals surface area contributed by atoms with Crippen LogP contribution in [-0.4, -0.2) is 15.0 Å². The molecule has 0 atom stereocenters. The second-order valence-electron chi connectivity index (χ2n) is 13.7. The molecule has 0 radical (unpaired) electrons. The first-order chi connectivity index (χ1) is 27.2. The fourth-order valence-corrected chi connectivity index (χ4v) is 7.30. The molecule has 55 heavy (non-hydrogen) atoms. The minimum Gasteiger partial charge on any atom is -0.456 e. The Morgan fingerprint density at radius 1 is 0.236 bits per heavy atom.